The second-order valence-corrected chi connectivity index (χ2v) is 9.86. The van der Waals surface area contributed by atoms with Crippen molar-refractivity contribution in [2.45, 2.75) is 32.4 Å². The van der Waals surface area contributed by atoms with Gasteiger partial charge in [-0.05, 0) is 60.9 Å². The molecule has 0 aliphatic rings. The van der Waals surface area contributed by atoms with E-state index >= 15 is 0 Å². The van der Waals surface area contributed by atoms with Gasteiger partial charge in [-0.25, -0.2) is 9.97 Å². The van der Waals surface area contributed by atoms with Crippen LogP contribution in [-0.4, -0.2) is 20.5 Å². The first-order valence-corrected chi connectivity index (χ1v) is 11.5. The number of rotatable bonds is 1. The summed E-state index contributed by atoms with van der Waals surface area (Å²) in [5.41, 5.74) is 3.10. The largest absolute Gasteiger partial charge is 0.397 e. The summed E-state index contributed by atoms with van der Waals surface area (Å²) in [5.74, 6) is 0. The van der Waals surface area contributed by atoms with Crippen molar-refractivity contribution in [2.24, 2.45) is 0 Å². The number of hydrogen-bond acceptors (Lipinski definition) is 2. The number of aryl methyl sites for hydroxylation is 1. The van der Waals surface area contributed by atoms with Crippen LogP contribution in [0.15, 0.2) is 67.0 Å². The zero-order chi connectivity index (χ0) is 24.3. The highest BCUT2D eigenvalue weighted by atomic mass is 19.4. The normalized spacial score (nSPS) is 13.4. The van der Waals surface area contributed by atoms with Crippen molar-refractivity contribution in [3.63, 3.8) is 0 Å². The van der Waals surface area contributed by atoms with Crippen LogP contribution in [0.3, 0.4) is 0 Å². The zero-order valence-electron chi connectivity index (χ0n) is 19.3. The molecule has 0 fully saturated rings. The molecule has 0 aliphatic heterocycles. The molecule has 0 unspecified atom stereocenters. The van der Waals surface area contributed by atoms with Crippen molar-refractivity contribution in [1.82, 2.24) is 14.4 Å². The first-order chi connectivity index (χ1) is 16.7. The van der Waals surface area contributed by atoms with Gasteiger partial charge >= 0.3 is 6.18 Å². The summed E-state index contributed by atoms with van der Waals surface area (Å²) in [5, 5.41) is 5.38. The molecule has 4 aromatic carbocycles. The number of pyridine rings is 1. The Hall–Kier alpha value is -3.93. The minimum absolute atomic E-state index is 0.231. The van der Waals surface area contributed by atoms with Gasteiger partial charge in [0.1, 0.15) is 6.33 Å². The molecule has 7 aromatic rings. The molecule has 0 aliphatic carbocycles. The molecule has 3 aromatic heterocycles. The van der Waals surface area contributed by atoms with Gasteiger partial charge in [-0.15, -0.1) is 0 Å². The first-order valence-electron chi connectivity index (χ1n) is 11.5. The van der Waals surface area contributed by atoms with Gasteiger partial charge in [-0.1, -0.05) is 42.5 Å². The highest BCUT2D eigenvalue weighted by Gasteiger charge is 2.50. The van der Waals surface area contributed by atoms with Crippen LogP contribution in [0.5, 0.6) is 0 Å². The Morgan fingerprint density at radius 3 is 2.26 bits per heavy atom. The van der Waals surface area contributed by atoms with E-state index in [1.165, 1.54) is 20.2 Å². The lowest BCUT2D eigenvalue weighted by molar-refractivity contribution is -0.179. The van der Waals surface area contributed by atoms with Crippen molar-refractivity contribution < 1.29 is 13.2 Å². The van der Waals surface area contributed by atoms with E-state index in [0.29, 0.717) is 10.9 Å². The van der Waals surface area contributed by atoms with Gasteiger partial charge in [0, 0.05) is 16.2 Å². The summed E-state index contributed by atoms with van der Waals surface area (Å²) < 4.78 is 45.3. The van der Waals surface area contributed by atoms with Crippen molar-refractivity contribution in [1.29, 1.82) is 0 Å². The quantitative estimate of drug-likeness (QED) is 0.180. The number of aromatic nitrogens is 3. The fraction of sp³-hybridized carbons (Fsp3) is 0.172. The summed E-state index contributed by atoms with van der Waals surface area (Å²) in [4.78, 5) is 9.13. The van der Waals surface area contributed by atoms with E-state index in [9.17, 15) is 13.2 Å². The van der Waals surface area contributed by atoms with Gasteiger partial charge in [0.15, 0.2) is 0 Å². The molecular weight excluding hydrogens is 447 g/mol. The fourth-order valence-corrected chi connectivity index (χ4v) is 5.77. The van der Waals surface area contributed by atoms with Gasteiger partial charge < -0.3 is 4.40 Å². The van der Waals surface area contributed by atoms with E-state index < -0.39 is 11.6 Å². The number of alkyl halides is 3. The summed E-state index contributed by atoms with van der Waals surface area (Å²) in [6.45, 7) is 4.58. The molecule has 0 amide bonds. The molecular formula is C29H20F3N3. The lowest BCUT2D eigenvalue weighted by Gasteiger charge is -2.29. The molecule has 7 rings (SSSR count). The molecule has 3 heterocycles. The van der Waals surface area contributed by atoms with E-state index in [-0.39, 0.29) is 5.56 Å². The van der Waals surface area contributed by atoms with Crippen LogP contribution >= 0.6 is 0 Å². The van der Waals surface area contributed by atoms with Gasteiger partial charge in [0.2, 0.25) is 0 Å². The van der Waals surface area contributed by atoms with Crippen LogP contribution in [-0.2, 0) is 5.41 Å². The van der Waals surface area contributed by atoms with E-state index in [0.717, 1.165) is 54.6 Å². The van der Waals surface area contributed by atoms with Crippen LogP contribution < -0.4 is 0 Å². The number of benzene rings is 4. The highest BCUT2D eigenvalue weighted by molar-refractivity contribution is 6.29. The lowest BCUT2D eigenvalue weighted by Crippen LogP contribution is -2.36. The molecule has 172 valence electrons. The van der Waals surface area contributed by atoms with E-state index in [2.05, 4.69) is 39.5 Å². The predicted octanol–water partition coefficient (Wildman–Crippen LogP) is 8.08. The molecule has 0 saturated carbocycles. The van der Waals surface area contributed by atoms with Gasteiger partial charge in [-0.2, -0.15) is 13.2 Å². The van der Waals surface area contributed by atoms with Crippen LogP contribution in [0.1, 0.15) is 25.0 Å². The number of hydrogen-bond donors (Lipinski definition) is 0. The maximum Gasteiger partial charge on any atom is 0.397 e. The Bertz CT molecular complexity index is 1980. The maximum atomic E-state index is 14.4. The third-order valence-electron chi connectivity index (χ3n) is 7.67. The highest BCUT2D eigenvalue weighted by Crippen LogP contribution is 2.49. The van der Waals surface area contributed by atoms with Crippen LogP contribution in [0.2, 0.25) is 0 Å². The minimum Gasteiger partial charge on any atom is -0.307 e. The Kier molecular flexibility index (Phi) is 3.73. The average Bonchev–Trinajstić information content (AvgIpc) is 3.18. The summed E-state index contributed by atoms with van der Waals surface area (Å²) >= 11 is 0. The standard InChI is InChI=1S/C29H20F3N3/c1-15-17-9-5-4-8-16(17)12-19-25-24-21(33-14-34-25)13-20(28(2,3)29(30,31)32)23-18-10-6-7-11-22(18)35(26(15)19)27(23)24/h4-14H,1-3H3. The molecule has 0 radical (unpaired) electrons. The second-order valence-electron chi connectivity index (χ2n) is 9.86. The third-order valence-corrected chi connectivity index (χ3v) is 7.67. The SMILES string of the molecule is Cc1c2ccccc2cc2c3ncnc4cc(C(C)(C)C(F)(F)F)c5c6ccccc6n(c12)c5c43. The van der Waals surface area contributed by atoms with Crippen LogP contribution in [0.25, 0.3) is 59.9 Å². The van der Waals surface area contributed by atoms with Crippen molar-refractivity contribution in [3.05, 3.63) is 78.1 Å². The number of halogens is 3. The molecule has 0 bridgehead atoms. The smallest absolute Gasteiger partial charge is 0.307 e. The molecule has 3 nitrogen and oxygen atoms in total. The molecule has 35 heavy (non-hydrogen) atoms. The molecule has 0 spiro atoms. The number of para-hydroxylation sites is 1. The zero-order valence-corrected chi connectivity index (χ0v) is 19.3. The fourth-order valence-electron chi connectivity index (χ4n) is 5.77. The summed E-state index contributed by atoms with van der Waals surface area (Å²) in [6.07, 6.45) is -2.97. The van der Waals surface area contributed by atoms with Crippen LogP contribution in [0, 0.1) is 6.92 Å². The van der Waals surface area contributed by atoms with Gasteiger partial charge in [0.25, 0.3) is 0 Å². The van der Waals surface area contributed by atoms with Gasteiger partial charge in [-0.3, -0.25) is 0 Å². The first kappa shape index (κ1) is 20.4. The second kappa shape index (κ2) is 6.39. The predicted molar refractivity (Wildman–Crippen MR) is 136 cm³/mol. The Morgan fingerprint density at radius 1 is 0.771 bits per heavy atom. The van der Waals surface area contributed by atoms with E-state index in [1.807, 2.05) is 36.4 Å². The summed E-state index contributed by atoms with van der Waals surface area (Å²) in [7, 11) is 0. The lowest BCUT2D eigenvalue weighted by atomic mass is 9.80. The summed E-state index contributed by atoms with van der Waals surface area (Å²) in [6, 6.07) is 19.7. The van der Waals surface area contributed by atoms with Gasteiger partial charge in [0.05, 0.1) is 38.4 Å². The van der Waals surface area contributed by atoms with Crippen LogP contribution in [0.4, 0.5) is 13.2 Å². The Labute approximate surface area is 198 Å². The Balaban J connectivity index is 1.89. The third kappa shape index (κ3) is 2.41. The topological polar surface area (TPSA) is 30.2 Å². The number of fused-ring (bicyclic) bond motifs is 7. The number of nitrogens with zero attached hydrogens (tertiary/aromatic N) is 3. The molecule has 6 heteroatoms. The molecule has 0 atom stereocenters. The molecule has 0 saturated heterocycles. The van der Waals surface area contributed by atoms with Crippen molar-refractivity contribution in [2.75, 3.05) is 0 Å². The van der Waals surface area contributed by atoms with E-state index in [1.54, 1.807) is 6.07 Å². The monoisotopic (exact) mass is 467 g/mol. The van der Waals surface area contributed by atoms with E-state index in [4.69, 9.17) is 0 Å². The average molecular weight is 467 g/mol. The van der Waals surface area contributed by atoms with Crippen molar-refractivity contribution >= 4 is 59.9 Å². The maximum absolute atomic E-state index is 14.4. The molecule has 0 N–H and O–H groups in total. The Morgan fingerprint density at radius 2 is 1.49 bits per heavy atom. The minimum atomic E-state index is -4.43. The van der Waals surface area contributed by atoms with Crippen molar-refractivity contribution in [3.8, 4) is 0 Å².